The molecule has 0 aliphatic carbocycles. The van der Waals surface area contributed by atoms with Gasteiger partial charge in [-0.25, -0.2) is 4.68 Å². The Morgan fingerprint density at radius 3 is 2.75 bits per heavy atom. The van der Waals surface area contributed by atoms with Gasteiger partial charge in [-0.2, -0.15) is 10.2 Å². The first-order valence-corrected chi connectivity index (χ1v) is 7.91. The summed E-state index contributed by atoms with van der Waals surface area (Å²) in [5.74, 6) is 0.644. The molecule has 1 amide bonds. The van der Waals surface area contributed by atoms with Crippen molar-refractivity contribution >= 4 is 17.4 Å². The average molecular weight is 322 g/mol. The molecule has 1 aromatic carbocycles. The number of hydrogen-bond donors (Lipinski definition) is 2. The van der Waals surface area contributed by atoms with Crippen LogP contribution >= 0.6 is 0 Å². The Morgan fingerprint density at radius 1 is 1.17 bits per heavy atom. The van der Waals surface area contributed by atoms with E-state index in [0.29, 0.717) is 5.56 Å². The Kier molecular flexibility index (Phi) is 3.53. The maximum atomic E-state index is 12.5. The maximum Gasteiger partial charge on any atom is 0.261 e. The second-order valence-corrected chi connectivity index (χ2v) is 5.84. The topological polar surface area (TPSA) is 76.8 Å². The van der Waals surface area contributed by atoms with Crippen LogP contribution in [0.2, 0.25) is 0 Å². The van der Waals surface area contributed by atoms with E-state index in [1.807, 2.05) is 48.4 Å². The van der Waals surface area contributed by atoms with Gasteiger partial charge in [-0.1, -0.05) is 12.1 Å². The fourth-order valence-electron chi connectivity index (χ4n) is 2.86. The molecule has 3 aromatic rings. The molecule has 0 radical (unpaired) electrons. The van der Waals surface area contributed by atoms with E-state index in [2.05, 4.69) is 20.8 Å². The smallest absolute Gasteiger partial charge is 0.261 e. The highest BCUT2D eigenvalue weighted by Crippen LogP contribution is 2.23. The maximum absolute atomic E-state index is 12.5. The van der Waals surface area contributed by atoms with E-state index in [1.54, 1.807) is 10.9 Å². The third kappa shape index (κ3) is 2.64. The van der Waals surface area contributed by atoms with Crippen molar-refractivity contribution in [1.29, 1.82) is 0 Å². The molecule has 1 aliphatic heterocycles. The van der Waals surface area contributed by atoms with Gasteiger partial charge >= 0.3 is 0 Å². The van der Waals surface area contributed by atoms with Crippen LogP contribution in [0.25, 0.3) is 11.1 Å². The third-order valence-electron chi connectivity index (χ3n) is 4.10. The largest absolute Gasteiger partial charge is 0.370 e. The Balaban J connectivity index is 1.51. The number of rotatable bonds is 3. The molecule has 2 aromatic heterocycles. The van der Waals surface area contributed by atoms with E-state index >= 15 is 0 Å². The lowest BCUT2D eigenvalue weighted by Crippen LogP contribution is -2.20. The van der Waals surface area contributed by atoms with E-state index in [0.717, 1.165) is 42.1 Å². The van der Waals surface area contributed by atoms with E-state index in [4.69, 9.17) is 0 Å². The first kappa shape index (κ1) is 14.5. The highest BCUT2D eigenvalue weighted by molar-refractivity contribution is 6.07. The fraction of sp³-hybridized carbons (Fsp3) is 0.235. The average Bonchev–Trinajstić information content (AvgIpc) is 3.22. The lowest BCUT2D eigenvalue weighted by molar-refractivity contribution is 0.102. The van der Waals surface area contributed by atoms with E-state index in [-0.39, 0.29) is 5.91 Å². The van der Waals surface area contributed by atoms with Crippen LogP contribution in [-0.4, -0.2) is 32.0 Å². The van der Waals surface area contributed by atoms with Crippen LogP contribution < -0.4 is 10.6 Å². The van der Waals surface area contributed by atoms with Gasteiger partial charge in [0.25, 0.3) is 5.91 Å². The van der Waals surface area contributed by atoms with Gasteiger partial charge in [0.15, 0.2) is 0 Å². The van der Waals surface area contributed by atoms with E-state index < -0.39 is 0 Å². The van der Waals surface area contributed by atoms with Crippen molar-refractivity contribution in [1.82, 2.24) is 19.6 Å². The number of hydrogen-bond acceptors (Lipinski definition) is 4. The highest BCUT2D eigenvalue weighted by atomic mass is 16.1. The zero-order chi connectivity index (χ0) is 16.5. The van der Waals surface area contributed by atoms with Gasteiger partial charge in [-0.3, -0.25) is 9.48 Å². The molecule has 0 bridgehead atoms. The predicted molar refractivity (Wildman–Crippen MR) is 91.9 cm³/mol. The number of benzene rings is 1. The summed E-state index contributed by atoms with van der Waals surface area (Å²) in [4.78, 5) is 12.5. The molecule has 1 aliphatic rings. The van der Waals surface area contributed by atoms with Gasteiger partial charge in [0.1, 0.15) is 11.4 Å². The summed E-state index contributed by atoms with van der Waals surface area (Å²) < 4.78 is 3.60. The Bertz CT molecular complexity index is 877. The monoisotopic (exact) mass is 322 g/mol. The zero-order valence-electron chi connectivity index (χ0n) is 13.4. The lowest BCUT2D eigenvalue weighted by Gasteiger charge is -2.16. The van der Waals surface area contributed by atoms with Crippen molar-refractivity contribution in [2.45, 2.75) is 13.0 Å². The lowest BCUT2D eigenvalue weighted by atomic mass is 10.1. The summed E-state index contributed by atoms with van der Waals surface area (Å²) in [7, 11) is 1.89. The number of aromatic nitrogens is 4. The van der Waals surface area contributed by atoms with Crippen LogP contribution in [0.4, 0.5) is 11.5 Å². The van der Waals surface area contributed by atoms with Gasteiger partial charge in [0.2, 0.25) is 0 Å². The first-order chi connectivity index (χ1) is 11.7. The minimum atomic E-state index is -0.153. The molecule has 0 atom stereocenters. The standard InChI is InChI=1S/C17H18N6O/c1-22-11-13(9-19-22)12-3-5-14(6-4-12)21-17(24)15-10-20-23-8-2-7-18-16(15)23/h3-6,9-11,18H,2,7-8H2,1H3,(H,21,24). The second kappa shape index (κ2) is 5.84. The summed E-state index contributed by atoms with van der Waals surface area (Å²) in [5, 5.41) is 14.6. The quantitative estimate of drug-likeness (QED) is 0.776. The number of carbonyl (C=O) groups is 1. The summed E-state index contributed by atoms with van der Waals surface area (Å²) in [5.41, 5.74) is 3.44. The normalized spacial score (nSPS) is 13.2. The van der Waals surface area contributed by atoms with E-state index in [1.165, 1.54) is 0 Å². The summed E-state index contributed by atoms with van der Waals surface area (Å²) in [6.07, 6.45) is 6.41. The predicted octanol–water partition coefficient (Wildman–Crippen LogP) is 2.35. The van der Waals surface area contributed by atoms with Crippen molar-refractivity contribution < 1.29 is 4.79 Å². The van der Waals surface area contributed by atoms with Crippen LogP contribution in [0.15, 0.2) is 42.9 Å². The Hall–Kier alpha value is -3.09. The minimum absolute atomic E-state index is 0.153. The Morgan fingerprint density at radius 2 is 2.00 bits per heavy atom. The molecule has 24 heavy (non-hydrogen) atoms. The molecule has 4 rings (SSSR count). The molecule has 122 valence electrons. The number of aryl methyl sites for hydroxylation is 2. The van der Waals surface area contributed by atoms with Crippen LogP contribution in [0.3, 0.4) is 0 Å². The van der Waals surface area contributed by atoms with Crippen LogP contribution in [0.1, 0.15) is 16.8 Å². The van der Waals surface area contributed by atoms with Crippen molar-refractivity contribution in [2.24, 2.45) is 7.05 Å². The minimum Gasteiger partial charge on any atom is -0.370 e. The molecular formula is C17H18N6O. The number of amides is 1. The van der Waals surface area contributed by atoms with Gasteiger partial charge in [0, 0.05) is 37.6 Å². The number of fused-ring (bicyclic) bond motifs is 1. The fourth-order valence-corrected chi connectivity index (χ4v) is 2.86. The van der Waals surface area contributed by atoms with Crippen molar-refractivity contribution in [2.75, 3.05) is 17.2 Å². The number of nitrogens with zero attached hydrogens (tertiary/aromatic N) is 4. The number of anilines is 2. The SMILES string of the molecule is Cn1cc(-c2ccc(NC(=O)c3cnn4c3NCCC4)cc2)cn1. The summed E-state index contributed by atoms with van der Waals surface area (Å²) >= 11 is 0. The second-order valence-electron chi connectivity index (χ2n) is 5.84. The molecule has 0 saturated carbocycles. The highest BCUT2D eigenvalue weighted by Gasteiger charge is 2.19. The van der Waals surface area contributed by atoms with E-state index in [9.17, 15) is 4.79 Å². The van der Waals surface area contributed by atoms with Crippen LogP contribution in [-0.2, 0) is 13.6 Å². The van der Waals surface area contributed by atoms with Gasteiger partial charge in [-0.15, -0.1) is 0 Å². The Labute approximate surface area is 139 Å². The molecule has 0 spiro atoms. The molecule has 0 fully saturated rings. The van der Waals surface area contributed by atoms with Gasteiger partial charge in [-0.05, 0) is 24.1 Å². The molecule has 7 heteroatoms. The number of nitrogens with one attached hydrogen (secondary N) is 2. The van der Waals surface area contributed by atoms with Crippen molar-refractivity contribution in [3.63, 3.8) is 0 Å². The molecule has 7 nitrogen and oxygen atoms in total. The van der Waals surface area contributed by atoms with Crippen LogP contribution in [0.5, 0.6) is 0 Å². The number of carbonyl (C=O) groups excluding carboxylic acids is 1. The first-order valence-electron chi connectivity index (χ1n) is 7.91. The zero-order valence-corrected chi connectivity index (χ0v) is 13.4. The third-order valence-corrected chi connectivity index (χ3v) is 4.10. The molecular weight excluding hydrogens is 304 g/mol. The van der Waals surface area contributed by atoms with Gasteiger partial charge < -0.3 is 10.6 Å². The van der Waals surface area contributed by atoms with Crippen molar-refractivity contribution in [3.8, 4) is 11.1 Å². The summed E-state index contributed by atoms with van der Waals surface area (Å²) in [6.45, 7) is 1.71. The van der Waals surface area contributed by atoms with Crippen molar-refractivity contribution in [3.05, 3.63) is 48.4 Å². The molecule has 2 N–H and O–H groups in total. The summed E-state index contributed by atoms with van der Waals surface area (Å²) in [6, 6.07) is 7.73. The molecule has 0 saturated heterocycles. The molecule has 0 unspecified atom stereocenters. The van der Waals surface area contributed by atoms with Gasteiger partial charge in [0.05, 0.1) is 12.4 Å². The van der Waals surface area contributed by atoms with Crippen LogP contribution in [0, 0.1) is 0 Å². The molecule has 3 heterocycles.